The molecule has 1 saturated heterocycles. The second-order valence-electron chi connectivity index (χ2n) is 9.92. The third kappa shape index (κ3) is 6.99. The predicted molar refractivity (Wildman–Crippen MR) is 136 cm³/mol. The van der Waals surface area contributed by atoms with Gasteiger partial charge in [-0.05, 0) is 56.9 Å². The summed E-state index contributed by atoms with van der Waals surface area (Å²) in [5.74, 6) is -0.434. The molecule has 3 amide bonds. The second-order valence-corrected chi connectivity index (χ2v) is 9.92. The van der Waals surface area contributed by atoms with Gasteiger partial charge in [0, 0.05) is 0 Å². The van der Waals surface area contributed by atoms with Crippen LogP contribution in [0.2, 0.25) is 0 Å². The molecule has 8 heteroatoms. The minimum absolute atomic E-state index is 0.130. The maximum Gasteiger partial charge on any atom is 0.416 e. The maximum absolute atomic E-state index is 14.0. The van der Waals surface area contributed by atoms with E-state index in [-0.39, 0.29) is 12.5 Å². The predicted octanol–water partition coefficient (Wildman–Crippen LogP) is 5.27. The largest absolute Gasteiger partial charge is 0.497 e. The Bertz CT molecular complexity index is 1030. The van der Waals surface area contributed by atoms with Crippen LogP contribution in [0.4, 0.5) is 9.59 Å². The molecule has 0 aliphatic carbocycles. The monoisotopic (exact) mass is 496 g/mol. The van der Waals surface area contributed by atoms with Gasteiger partial charge in [-0.2, -0.15) is 0 Å². The first-order valence-corrected chi connectivity index (χ1v) is 12.3. The van der Waals surface area contributed by atoms with Crippen LogP contribution in [0, 0.1) is 5.92 Å². The highest BCUT2D eigenvalue weighted by atomic mass is 16.6. The average Bonchev–Trinajstić information content (AvgIpc) is 3.20. The Labute approximate surface area is 212 Å². The Hall–Kier alpha value is -3.55. The molecule has 1 fully saturated rings. The quantitative estimate of drug-likeness (QED) is 0.508. The maximum atomic E-state index is 14.0. The third-order valence-electron chi connectivity index (χ3n) is 5.98. The van der Waals surface area contributed by atoms with Gasteiger partial charge in [0.2, 0.25) is 5.91 Å². The van der Waals surface area contributed by atoms with Crippen molar-refractivity contribution in [1.82, 2.24) is 10.2 Å². The van der Waals surface area contributed by atoms with Crippen molar-refractivity contribution in [2.24, 2.45) is 5.92 Å². The van der Waals surface area contributed by atoms with Crippen molar-refractivity contribution in [3.05, 3.63) is 65.7 Å². The zero-order valence-corrected chi connectivity index (χ0v) is 21.7. The number of ether oxygens (including phenoxy) is 3. The fraction of sp³-hybridized carbons (Fsp3) is 0.464. The first-order valence-electron chi connectivity index (χ1n) is 12.3. The molecular formula is C28H36N2O6. The summed E-state index contributed by atoms with van der Waals surface area (Å²) in [6, 6.07) is 15.7. The van der Waals surface area contributed by atoms with Crippen LogP contribution in [0.1, 0.15) is 57.7 Å². The summed E-state index contributed by atoms with van der Waals surface area (Å²) < 4.78 is 16.1. The van der Waals surface area contributed by atoms with Gasteiger partial charge < -0.3 is 19.5 Å². The highest BCUT2D eigenvalue weighted by molar-refractivity contribution is 5.95. The number of nitrogens with zero attached hydrogens (tertiary/aromatic N) is 1. The van der Waals surface area contributed by atoms with Crippen molar-refractivity contribution < 1.29 is 28.6 Å². The van der Waals surface area contributed by atoms with E-state index in [2.05, 4.69) is 5.32 Å². The number of imide groups is 1. The fourth-order valence-electron chi connectivity index (χ4n) is 4.35. The molecular weight excluding hydrogens is 460 g/mol. The molecule has 0 bridgehead atoms. The number of hydrogen-bond acceptors (Lipinski definition) is 6. The molecule has 194 valence electrons. The van der Waals surface area contributed by atoms with Gasteiger partial charge in [0.25, 0.3) is 0 Å². The van der Waals surface area contributed by atoms with Gasteiger partial charge in [-0.15, -0.1) is 0 Å². The Morgan fingerprint density at radius 1 is 1.11 bits per heavy atom. The Morgan fingerprint density at radius 2 is 1.78 bits per heavy atom. The SMILES string of the molecule is CCC[C@@H](C(=O)N1C(=O)OC[C@@H]1Cc1ccccc1)[C@@H](NC(=O)OC(C)(C)C)c1ccc(OC)cc1. The van der Waals surface area contributed by atoms with Gasteiger partial charge in [-0.3, -0.25) is 4.79 Å². The summed E-state index contributed by atoms with van der Waals surface area (Å²) in [6.45, 7) is 7.42. The summed E-state index contributed by atoms with van der Waals surface area (Å²) in [5, 5.41) is 2.89. The van der Waals surface area contributed by atoms with Crippen LogP contribution in [0.3, 0.4) is 0 Å². The number of alkyl carbamates (subject to hydrolysis) is 1. The van der Waals surface area contributed by atoms with Gasteiger partial charge >= 0.3 is 12.2 Å². The van der Waals surface area contributed by atoms with Gasteiger partial charge in [0.15, 0.2) is 0 Å². The summed E-state index contributed by atoms with van der Waals surface area (Å²) in [7, 11) is 1.57. The Kier molecular flexibility index (Phi) is 8.96. The minimum atomic E-state index is -0.719. The van der Waals surface area contributed by atoms with E-state index >= 15 is 0 Å². The first kappa shape index (κ1) is 27.0. The van der Waals surface area contributed by atoms with E-state index in [9.17, 15) is 14.4 Å². The van der Waals surface area contributed by atoms with Gasteiger partial charge in [0.05, 0.1) is 25.1 Å². The number of amides is 3. The van der Waals surface area contributed by atoms with Crippen LogP contribution in [0.5, 0.6) is 5.75 Å². The fourth-order valence-corrected chi connectivity index (χ4v) is 4.35. The lowest BCUT2D eigenvalue weighted by molar-refractivity contribution is -0.134. The standard InChI is InChI=1S/C28H36N2O6/c1-6-10-23(25(31)30-21(18-35-27(30)33)17-19-11-8-7-9-12-19)24(29-26(32)36-28(2,3)4)20-13-15-22(34-5)16-14-20/h7-9,11-16,21,23-24H,6,10,17-18H2,1-5H3,(H,29,32)/t21-,23+,24-/m0/s1. The average molecular weight is 497 g/mol. The summed E-state index contributed by atoms with van der Waals surface area (Å²) >= 11 is 0. The molecule has 2 aromatic rings. The molecule has 1 aliphatic heterocycles. The number of methoxy groups -OCH3 is 1. The third-order valence-corrected chi connectivity index (χ3v) is 5.98. The van der Waals surface area contributed by atoms with Crippen LogP contribution in [-0.2, 0) is 20.7 Å². The van der Waals surface area contributed by atoms with Crippen LogP contribution < -0.4 is 10.1 Å². The molecule has 0 spiro atoms. The molecule has 3 atom stereocenters. The van der Waals surface area contributed by atoms with E-state index in [0.29, 0.717) is 30.6 Å². The lowest BCUT2D eigenvalue weighted by atomic mass is 9.87. The van der Waals surface area contributed by atoms with E-state index in [1.54, 1.807) is 52.1 Å². The molecule has 0 unspecified atom stereocenters. The zero-order valence-electron chi connectivity index (χ0n) is 21.7. The number of benzene rings is 2. The molecule has 2 aromatic carbocycles. The van der Waals surface area contributed by atoms with Gasteiger partial charge in [-0.1, -0.05) is 55.8 Å². The van der Waals surface area contributed by atoms with Crippen LogP contribution in [0.25, 0.3) is 0 Å². The lowest BCUT2D eigenvalue weighted by Crippen LogP contribution is -2.48. The number of carbonyl (C=O) groups is 3. The molecule has 1 N–H and O–H groups in total. The molecule has 3 rings (SSSR count). The van der Waals surface area contributed by atoms with E-state index in [0.717, 1.165) is 5.56 Å². The molecule has 36 heavy (non-hydrogen) atoms. The number of hydrogen-bond donors (Lipinski definition) is 1. The minimum Gasteiger partial charge on any atom is -0.497 e. The van der Waals surface area contributed by atoms with Crippen molar-refractivity contribution in [2.45, 2.75) is 64.6 Å². The van der Waals surface area contributed by atoms with E-state index in [1.807, 2.05) is 37.3 Å². The number of cyclic esters (lactones) is 1. The lowest BCUT2D eigenvalue weighted by Gasteiger charge is -2.32. The van der Waals surface area contributed by atoms with Crippen molar-refractivity contribution in [2.75, 3.05) is 13.7 Å². The molecule has 1 aliphatic rings. The van der Waals surface area contributed by atoms with Crippen molar-refractivity contribution >= 4 is 18.1 Å². The van der Waals surface area contributed by atoms with E-state index < -0.39 is 35.8 Å². The topological polar surface area (TPSA) is 94.2 Å². The van der Waals surface area contributed by atoms with Crippen LogP contribution >= 0.6 is 0 Å². The van der Waals surface area contributed by atoms with Crippen molar-refractivity contribution in [1.29, 1.82) is 0 Å². The van der Waals surface area contributed by atoms with Crippen molar-refractivity contribution in [3.63, 3.8) is 0 Å². The van der Waals surface area contributed by atoms with Crippen molar-refractivity contribution in [3.8, 4) is 5.75 Å². The Balaban J connectivity index is 1.93. The normalized spacial score (nSPS) is 17.2. The first-order chi connectivity index (χ1) is 17.1. The van der Waals surface area contributed by atoms with E-state index in [1.165, 1.54) is 4.90 Å². The molecule has 8 nitrogen and oxygen atoms in total. The summed E-state index contributed by atoms with van der Waals surface area (Å²) in [4.78, 5) is 40.7. The number of nitrogens with one attached hydrogen (secondary N) is 1. The smallest absolute Gasteiger partial charge is 0.416 e. The molecule has 0 saturated carbocycles. The molecule has 1 heterocycles. The summed E-state index contributed by atoms with van der Waals surface area (Å²) in [6.07, 6.45) is 0.317. The highest BCUT2D eigenvalue weighted by Gasteiger charge is 2.43. The van der Waals surface area contributed by atoms with Gasteiger partial charge in [-0.25, -0.2) is 14.5 Å². The molecule has 0 aromatic heterocycles. The Morgan fingerprint density at radius 3 is 2.36 bits per heavy atom. The number of carbonyl (C=O) groups excluding carboxylic acids is 3. The number of rotatable bonds is 9. The van der Waals surface area contributed by atoms with Gasteiger partial charge in [0.1, 0.15) is 18.0 Å². The zero-order chi connectivity index (χ0) is 26.3. The highest BCUT2D eigenvalue weighted by Crippen LogP contribution is 2.32. The summed E-state index contributed by atoms with van der Waals surface area (Å²) in [5.41, 5.74) is 1.00. The van der Waals surface area contributed by atoms with E-state index in [4.69, 9.17) is 14.2 Å². The molecule has 0 radical (unpaired) electrons. The van der Waals surface area contributed by atoms with Crippen LogP contribution in [0.15, 0.2) is 54.6 Å². The second kappa shape index (κ2) is 11.9. The van der Waals surface area contributed by atoms with Crippen LogP contribution in [-0.4, -0.2) is 48.4 Å².